The largest absolute Gasteiger partial charge is 0.507 e. The van der Waals surface area contributed by atoms with E-state index in [2.05, 4.69) is 13.8 Å². The molecule has 0 aromatic heterocycles. The molecule has 1 aromatic carbocycles. The van der Waals surface area contributed by atoms with Crippen LogP contribution in [0.5, 0.6) is 5.75 Å². The number of phenols is 1. The highest BCUT2D eigenvalue weighted by Gasteiger charge is 2.11. The molecule has 0 saturated carbocycles. The molecule has 0 aliphatic heterocycles. The highest BCUT2D eigenvalue weighted by atomic mass is 16.5. The molecule has 0 aliphatic carbocycles. The van der Waals surface area contributed by atoms with E-state index in [0.717, 1.165) is 12.8 Å². The molecule has 3 nitrogen and oxygen atoms in total. The van der Waals surface area contributed by atoms with Gasteiger partial charge in [-0.15, -0.1) is 0 Å². The zero-order valence-electron chi connectivity index (χ0n) is 11.2. The number of aromatic hydroxyl groups is 1. The molecule has 1 rings (SSSR count). The van der Waals surface area contributed by atoms with E-state index in [0.29, 0.717) is 12.5 Å². The summed E-state index contributed by atoms with van der Waals surface area (Å²) in [4.78, 5) is 11.7. The van der Waals surface area contributed by atoms with Crippen molar-refractivity contribution in [3.05, 3.63) is 29.8 Å². The van der Waals surface area contributed by atoms with Gasteiger partial charge in [-0.25, -0.2) is 4.79 Å². The van der Waals surface area contributed by atoms with Crippen LogP contribution in [0.1, 0.15) is 49.9 Å². The van der Waals surface area contributed by atoms with Crippen molar-refractivity contribution in [2.75, 3.05) is 6.61 Å². The number of esters is 1. The molecule has 0 bridgehead atoms. The third-order valence-corrected chi connectivity index (χ3v) is 3.27. The first-order valence-corrected chi connectivity index (χ1v) is 6.64. The first kappa shape index (κ1) is 14.6. The standard InChI is InChI=1S/C15H22O3/c1-3-12(4-2)8-7-11-18-15(17)13-9-5-6-10-14(13)16/h5-6,9-10,12,16H,3-4,7-8,11H2,1-2H3. The second kappa shape index (κ2) is 7.75. The van der Waals surface area contributed by atoms with Gasteiger partial charge in [0.25, 0.3) is 0 Å². The predicted octanol–water partition coefficient (Wildman–Crippen LogP) is 3.77. The maximum Gasteiger partial charge on any atom is 0.341 e. The fraction of sp³-hybridized carbons (Fsp3) is 0.533. The van der Waals surface area contributed by atoms with Crippen LogP contribution in [0.4, 0.5) is 0 Å². The summed E-state index contributed by atoms with van der Waals surface area (Å²) in [5.74, 6) is 0.244. The number of hydrogen-bond acceptors (Lipinski definition) is 3. The summed E-state index contributed by atoms with van der Waals surface area (Å²) in [5.41, 5.74) is 0.236. The summed E-state index contributed by atoms with van der Waals surface area (Å²) >= 11 is 0. The van der Waals surface area contributed by atoms with E-state index in [9.17, 15) is 9.90 Å². The molecule has 0 heterocycles. The molecule has 0 fully saturated rings. The van der Waals surface area contributed by atoms with Crippen LogP contribution < -0.4 is 0 Å². The van der Waals surface area contributed by atoms with Crippen molar-refractivity contribution >= 4 is 5.97 Å². The molecular weight excluding hydrogens is 228 g/mol. The highest BCUT2D eigenvalue weighted by Crippen LogP contribution is 2.18. The number of para-hydroxylation sites is 1. The molecule has 0 amide bonds. The van der Waals surface area contributed by atoms with E-state index in [1.54, 1.807) is 18.2 Å². The van der Waals surface area contributed by atoms with E-state index in [4.69, 9.17) is 4.74 Å². The molecule has 100 valence electrons. The van der Waals surface area contributed by atoms with Crippen molar-refractivity contribution in [2.45, 2.75) is 39.5 Å². The van der Waals surface area contributed by atoms with Gasteiger partial charge in [0, 0.05) is 0 Å². The van der Waals surface area contributed by atoms with Gasteiger partial charge in [0.15, 0.2) is 0 Å². The maximum atomic E-state index is 11.7. The van der Waals surface area contributed by atoms with E-state index in [1.165, 1.54) is 18.9 Å². The maximum absolute atomic E-state index is 11.7. The lowest BCUT2D eigenvalue weighted by molar-refractivity contribution is 0.0490. The van der Waals surface area contributed by atoms with Gasteiger partial charge < -0.3 is 9.84 Å². The Morgan fingerprint density at radius 1 is 1.28 bits per heavy atom. The Bertz CT molecular complexity index is 370. The number of rotatable bonds is 7. The lowest BCUT2D eigenvalue weighted by Gasteiger charge is -2.11. The number of hydrogen-bond donors (Lipinski definition) is 1. The summed E-state index contributed by atoms with van der Waals surface area (Å²) < 4.78 is 5.15. The van der Waals surface area contributed by atoms with Crippen LogP contribution in [-0.4, -0.2) is 17.7 Å². The third kappa shape index (κ3) is 4.40. The van der Waals surface area contributed by atoms with E-state index in [-0.39, 0.29) is 11.3 Å². The molecule has 0 aliphatic rings. The molecule has 1 N–H and O–H groups in total. The molecular formula is C15H22O3. The lowest BCUT2D eigenvalue weighted by atomic mass is 9.98. The molecule has 18 heavy (non-hydrogen) atoms. The Balaban J connectivity index is 2.32. The monoisotopic (exact) mass is 250 g/mol. The van der Waals surface area contributed by atoms with Crippen LogP contribution in [0, 0.1) is 5.92 Å². The Labute approximate surface area is 109 Å². The molecule has 0 unspecified atom stereocenters. The Morgan fingerprint density at radius 3 is 2.56 bits per heavy atom. The minimum Gasteiger partial charge on any atom is -0.507 e. The van der Waals surface area contributed by atoms with Gasteiger partial charge in [0.1, 0.15) is 11.3 Å². The predicted molar refractivity (Wildman–Crippen MR) is 71.7 cm³/mol. The van der Waals surface area contributed by atoms with Crippen LogP contribution in [0.15, 0.2) is 24.3 Å². The SMILES string of the molecule is CCC(CC)CCCOC(=O)c1ccccc1O. The normalized spacial score (nSPS) is 10.6. The van der Waals surface area contributed by atoms with Crippen molar-refractivity contribution in [3.63, 3.8) is 0 Å². The number of ether oxygens (including phenoxy) is 1. The van der Waals surface area contributed by atoms with Gasteiger partial charge in [0.05, 0.1) is 6.61 Å². The summed E-state index contributed by atoms with van der Waals surface area (Å²) in [6, 6.07) is 6.44. The minimum atomic E-state index is -0.447. The van der Waals surface area contributed by atoms with Crippen molar-refractivity contribution < 1.29 is 14.6 Å². The topological polar surface area (TPSA) is 46.5 Å². The van der Waals surface area contributed by atoms with Crippen LogP contribution in [-0.2, 0) is 4.74 Å². The van der Waals surface area contributed by atoms with Gasteiger partial charge in [0.2, 0.25) is 0 Å². The van der Waals surface area contributed by atoms with E-state index in [1.807, 2.05) is 0 Å². The zero-order valence-corrected chi connectivity index (χ0v) is 11.2. The van der Waals surface area contributed by atoms with E-state index >= 15 is 0 Å². The smallest absolute Gasteiger partial charge is 0.341 e. The first-order chi connectivity index (χ1) is 8.69. The Morgan fingerprint density at radius 2 is 1.94 bits per heavy atom. The molecule has 0 atom stereocenters. The van der Waals surface area contributed by atoms with Crippen LogP contribution in [0.25, 0.3) is 0 Å². The average Bonchev–Trinajstić information content (AvgIpc) is 2.39. The summed E-state index contributed by atoms with van der Waals surface area (Å²) in [6.07, 6.45) is 4.31. The third-order valence-electron chi connectivity index (χ3n) is 3.27. The first-order valence-electron chi connectivity index (χ1n) is 6.64. The Kier molecular flexibility index (Phi) is 6.26. The average molecular weight is 250 g/mol. The van der Waals surface area contributed by atoms with E-state index < -0.39 is 5.97 Å². The fourth-order valence-corrected chi connectivity index (χ4v) is 1.96. The van der Waals surface area contributed by atoms with Gasteiger partial charge in [-0.2, -0.15) is 0 Å². The van der Waals surface area contributed by atoms with Crippen molar-refractivity contribution in [2.24, 2.45) is 5.92 Å². The Hall–Kier alpha value is -1.51. The van der Waals surface area contributed by atoms with Crippen LogP contribution in [0.3, 0.4) is 0 Å². The van der Waals surface area contributed by atoms with Gasteiger partial charge >= 0.3 is 5.97 Å². The quantitative estimate of drug-likeness (QED) is 0.592. The molecule has 3 heteroatoms. The molecule has 1 aromatic rings. The summed E-state index contributed by atoms with van der Waals surface area (Å²) in [6.45, 7) is 4.79. The highest BCUT2D eigenvalue weighted by molar-refractivity contribution is 5.92. The minimum absolute atomic E-state index is 0.0255. The van der Waals surface area contributed by atoms with Crippen LogP contribution >= 0.6 is 0 Å². The molecule has 0 radical (unpaired) electrons. The second-order valence-corrected chi connectivity index (χ2v) is 4.48. The van der Waals surface area contributed by atoms with Gasteiger partial charge in [-0.3, -0.25) is 0 Å². The van der Waals surface area contributed by atoms with Crippen molar-refractivity contribution in [1.29, 1.82) is 0 Å². The van der Waals surface area contributed by atoms with Gasteiger partial charge in [-0.1, -0.05) is 38.8 Å². The van der Waals surface area contributed by atoms with Crippen LogP contribution in [0.2, 0.25) is 0 Å². The summed E-state index contributed by atoms with van der Waals surface area (Å²) in [7, 11) is 0. The van der Waals surface area contributed by atoms with Crippen molar-refractivity contribution in [1.82, 2.24) is 0 Å². The second-order valence-electron chi connectivity index (χ2n) is 4.48. The fourth-order valence-electron chi connectivity index (χ4n) is 1.96. The number of carbonyl (C=O) groups excluding carboxylic acids is 1. The lowest BCUT2D eigenvalue weighted by Crippen LogP contribution is -2.08. The van der Waals surface area contributed by atoms with Crippen molar-refractivity contribution in [3.8, 4) is 5.75 Å². The number of benzene rings is 1. The molecule has 0 saturated heterocycles. The number of phenolic OH excluding ortho intramolecular Hbond substituents is 1. The molecule has 0 spiro atoms. The van der Waals surface area contributed by atoms with Gasteiger partial charge in [-0.05, 0) is 30.9 Å². The zero-order chi connectivity index (χ0) is 13.4. The summed E-state index contributed by atoms with van der Waals surface area (Å²) in [5, 5.41) is 9.50. The number of carbonyl (C=O) groups is 1.